The van der Waals surface area contributed by atoms with E-state index < -0.39 is 0 Å². The number of fused-ring (bicyclic) bond motifs is 1. The minimum atomic E-state index is -0.0442. The molecule has 86 valence electrons. The summed E-state index contributed by atoms with van der Waals surface area (Å²) in [6.45, 7) is 0. The molecule has 0 amide bonds. The Morgan fingerprint density at radius 3 is 3.06 bits per heavy atom. The first-order chi connectivity index (χ1) is 8.27. The van der Waals surface area contributed by atoms with Gasteiger partial charge in [0.25, 0.3) is 0 Å². The van der Waals surface area contributed by atoms with Crippen LogP contribution < -0.4 is 0 Å². The Balaban J connectivity index is 1.98. The van der Waals surface area contributed by atoms with Gasteiger partial charge >= 0.3 is 0 Å². The van der Waals surface area contributed by atoms with Gasteiger partial charge in [-0.15, -0.1) is 11.8 Å². The van der Waals surface area contributed by atoms with Crippen molar-refractivity contribution in [2.45, 2.75) is 10.8 Å². The molecule has 0 aliphatic carbocycles. The molecule has 1 aliphatic rings. The number of carbonyl (C=O) groups is 1. The van der Waals surface area contributed by atoms with Crippen LogP contribution in [0.3, 0.4) is 0 Å². The van der Waals surface area contributed by atoms with Gasteiger partial charge in [-0.2, -0.15) is 0 Å². The number of aryl methyl sites for hydroxylation is 1. The number of hydrogen-bond donors (Lipinski definition) is 0. The van der Waals surface area contributed by atoms with Crippen molar-refractivity contribution in [2.24, 2.45) is 7.05 Å². The molecule has 0 fully saturated rings. The van der Waals surface area contributed by atoms with E-state index >= 15 is 0 Å². The van der Waals surface area contributed by atoms with E-state index in [9.17, 15) is 4.79 Å². The fraction of sp³-hybridized carbons (Fsp3) is 0.231. The molecule has 1 atom stereocenters. The van der Waals surface area contributed by atoms with Crippen molar-refractivity contribution >= 4 is 17.5 Å². The Bertz CT molecular complexity index is 576. The van der Waals surface area contributed by atoms with E-state index in [0.717, 1.165) is 11.3 Å². The summed E-state index contributed by atoms with van der Waals surface area (Å²) in [4.78, 5) is 17.8. The molecule has 0 spiro atoms. The molecular weight excluding hydrogens is 232 g/mol. The van der Waals surface area contributed by atoms with Crippen LogP contribution >= 0.6 is 11.8 Å². The molecule has 0 radical (unpaired) electrons. The Kier molecular flexibility index (Phi) is 2.52. The van der Waals surface area contributed by atoms with Gasteiger partial charge in [0.1, 0.15) is 0 Å². The monoisotopic (exact) mass is 244 g/mol. The predicted molar refractivity (Wildman–Crippen MR) is 67.4 cm³/mol. The van der Waals surface area contributed by atoms with Crippen LogP contribution in [0.2, 0.25) is 0 Å². The number of benzene rings is 1. The number of imidazole rings is 1. The minimum absolute atomic E-state index is 0.0442. The highest BCUT2D eigenvalue weighted by Crippen LogP contribution is 2.40. The average Bonchev–Trinajstić information content (AvgIpc) is 2.94. The number of nitrogens with zero attached hydrogens (tertiary/aromatic N) is 2. The van der Waals surface area contributed by atoms with Crippen LogP contribution in [-0.2, 0) is 7.05 Å². The third-order valence-corrected chi connectivity index (χ3v) is 4.24. The van der Waals surface area contributed by atoms with Crippen molar-refractivity contribution in [1.29, 1.82) is 0 Å². The first-order valence-electron chi connectivity index (χ1n) is 5.50. The Morgan fingerprint density at radius 1 is 1.47 bits per heavy atom. The number of hydrogen-bond acceptors (Lipinski definition) is 3. The summed E-state index contributed by atoms with van der Waals surface area (Å²) in [5.74, 6) is 1.45. The molecular formula is C13H12N2OS. The van der Waals surface area contributed by atoms with E-state index in [1.54, 1.807) is 28.7 Å². The van der Waals surface area contributed by atoms with Gasteiger partial charge in [0.05, 0.1) is 5.92 Å². The van der Waals surface area contributed by atoms with Gasteiger partial charge in [0.2, 0.25) is 5.78 Å². The molecule has 1 aromatic carbocycles. The van der Waals surface area contributed by atoms with Crippen LogP contribution in [0, 0.1) is 0 Å². The van der Waals surface area contributed by atoms with Crippen LogP contribution in [-0.4, -0.2) is 21.1 Å². The van der Waals surface area contributed by atoms with Crippen molar-refractivity contribution in [3.8, 4) is 0 Å². The summed E-state index contributed by atoms with van der Waals surface area (Å²) in [5, 5.41) is 0. The zero-order valence-electron chi connectivity index (χ0n) is 9.46. The number of rotatable bonds is 2. The fourth-order valence-electron chi connectivity index (χ4n) is 2.14. The van der Waals surface area contributed by atoms with Gasteiger partial charge in [-0.25, -0.2) is 4.98 Å². The lowest BCUT2D eigenvalue weighted by Crippen LogP contribution is -2.16. The molecule has 3 nitrogen and oxygen atoms in total. The molecule has 0 N–H and O–H groups in total. The summed E-state index contributed by atoms with van der Waals surface area (Å²) >= 11 is 1.75. The van der Waals surface area contributed by atoms with Crippen molar-refractivity contribution in [3.05, 3.63) is 48.0 Å². The first kappa shape index (κ1) is 10.6. The third-order valence-electron chi connectivity index (χ3n) is 3.06. The van der Waals surface area contributed by atoms with Crippen molar-refractivity contribution in [3.63, 3.8) is 0 Å². The maximum Gasteiger partial charge on any atom is 0.206 e. The summed E-state index contributed by atoms with van der Waals surface area (Å²) in [6.07, 6.45) is 3.47. The number of Topliss-reactive ketones (excluding diaryl/α,β-unsaturated/α-hetero) is 1. The van der Waals surface area contributed by atoms with Crippen molar-refractivity contribution in [1.82, 2.24) is 9.55 Å². The first-order valence-corrected chi connectivity index (χ1v) is 6.49. The maximum atomic E-state index is 12.4. The second kappa shape index (κ2) is 4.04. The largest absolute Gasteiger partial charge is 0.332 e. The zero-order valence-corrected chi connectivity index (χ0v) is 10.3. The van der Waals surface area contributed by atoms with E-state index in [4.69, 9.17) is 0 Å². The van der Waals surface area contributed by atoms with E-state index in [1.165, 1.54) is 4.90 Å². The molecule has 1 unspecified atom stereocenters. The number of carbonyl (C=O) groups excluding carboxylic acids is 1. The van der Waals surface area contributed by atoms with Gasteiger partial charge in [0, 0.05) is 30.1 Å². The molecule has 0 bridgehead atoms. The molecule has 0 saturated carbocycles. The summed E-state index contributed by atoms with van der Waals surface area (Å²) in [6, 6.07) is 8.12. The van der Waals surface area contributed by atoms with Crippen LogP contribution in [0.15, 0.2) is 41.6 Å². The Hall–Kier alpha value is -1.55. The van der Waals surface area contributed by atoms with Crippen molar-refractivity contribution < 1.29 is 4.79 Å². The Morgan fingerprint density at radius 2 is 2.29 bits per heavy atom. The van der Waals surface area contributed by atoms with Crippen LogP contribution in [0.1, 0.15) is 22.1 Å². The maximum absolute atomic E-state index is 12.4. The topological polar surface area (TPSA) is 34.9 Å². The van der Waals surface area contributed by atoms with Crippen LogP contribution in [0.25, 0.3) is 0 Å². The van der Waals surface area contributed by atoms with E-state index in [1.807, 2.05) is 25.2 Å². The highest BCUT2D eigenvalue weighted by atomic mass is 32.2. The molecule has 1 aromatic heterocycles. The molecule has 0 saturated heterocycles. The molecule has 17 heavy (non-hydrogen) atoms. The summed E-state index contributed by atoms with van der Waals surface area (Å²) in [5.41, 5.74) is 1.14. The molecule has 3 rings (SSSR count). The van der Waals surface area contributed by atoms with Crippen molar-refractivity contribution in [2.75, 3.05) is 5.75 Å². The quantitative estimate of drug-likeness (QED) is 0.761. The van der Waals surface area contributed by atoms with Crippen LogP contribution in [0.4, 0.5) is 0 Å². The molecule has 2 aromatic rings. The fourth-order valence-corrected chi connectivity index (χ4v) is 3.37. The van der Waals surface area contributed by atoms with Gasteiger partial charge in [-0.3, -0.25) is 4.79 Å². The lowest BCUT2D eigenvalue weighted by atomic mass is 9.96. The summed E-state index contributed by atoms with van der Waals surface area (Å²) in [7, 11) is 1.86. The third kappa shape index (κ3) is 1.69. The lowest BCUT2D eigenvalue weighted by Gasteiger charge is -2.09. The molecule has 2 heterocycles. The van der Waals surface area contributed by atoms with Gasteiger partial charge in [-0.05, 0) is 11.6 Å². The normalized spacial score (nSPS) is 18.1. The summed E-state index contributed by atoms with van der Waals surface area (Å²) < 4.78 is 1.79. The van der Waals surface area contributed by atoms with Gasteiger partial charge in [-0.1, -0.05) is 18.2 Å². The zero-order chi connectivity index (χ0) is 11.8. The minimum Gasteiger partial charge on any atom is -0.332 e. The van der Waals surface area contributed by atoms with E-state index in [-0.39, 0.29) is 11.7 Å². The molecule has 1 aliphatic heterocycles. The average molecular weight is 244 g/mol. The van der Waals surface area contributed by atoms with Gasteiger partial charge in [0.15, 0.2) is 5.82 Å². The second-order valence-corrected chi connectivity index (χ2v) is 5.19. The van der Waals surface area contributed by atoms with E-state index in [0.29, 0.717) is 5.82 Å². The van der Waals surface area contributed by atoms with Gasteiger partial charge < -0.3 is 4.57 Å². The Labute approximate surface area is 104 Å². The highest BCUT2D eigenvalue weighted by Gasteiger charge is 2.31. The number of ketones is 1. The lowest BCUT2D eigenvalue weighted by molar-refractivity contribution is 0.0955. The highest BCUT2D eigenvalue weighted by molar-refractivity contribution is 7.99. The number of thioether (sulfide) groups is 1. The van der Waals surface area contributed by atoms with Crippen LogP contribution in [0.5, 0.6) is 0 Å². The SMILES string of the molecule is Cn1ccnc1C(=O)C1CSc2ccccc21. The predicted octanol–water partition coefficient (Wildman–Crippen LogP) is 2.49. The smallest absolute Gasteiger partial charge is 0.206 e. The number of aromatic nitrogens is 2. The standard InChI is InChI=1S/C13H12N2OS/c1-15-7-6-14-13(15)12(16)10-8-17-11-5-3-2-4-9(10)11/h2-7,10H,8H2,1H3. The second-order valence-electron chi connectivity index (χ2n) is 4.13. The van der Waals surface area contributed by atoms with E-state index in [2.05, 4.69) is 11.1 Å². The molecule has 4 heteroatoms.